The van der Waals surface area contributed by atoms with Gasteiger partial charge in [0.25, 0.3) is 0 Å². The second-order valence-corrected chi connectivity index (χ2v) is 4.49. The predicted octanol–water partition coefficient (Wildman–Crippen LogP) is 2.51. The fraction of sp³-hybridized carbons (Fsp3) is 0.267. The summed E-state index contributed by atoms with van der Waals surface area (Å²) in [5.74, 6) is 1.43. The Morgan fingerprint density at radius 2 is 2.05 bits per heavy atom. The van der Waals surface area contributed by atoms with Crippen molar-refractivity contribution in [2.24, 2.45) is 0 Å². The van der Waals surface area contributed by atoms with Gasteiger partial charge >= 0.3 is 0 Å². The van der Waals surface area contributed by atoms with E-state index in [1.54, 1.807) is 6.08 Å². The minimum Gasteiger partial charge on any atom is -0.454 e. The van der Waals surface area contributed by atoms with E-state index < -0.39 is 0 Å². The number of nitrogens with one attached hydrogen (secondary N) is 1. The summed E-state index contributed by atoms with van der Waals surface area (Å²) < 4.78 is 10.5. The van der Waals surface area contributed by atoms with Crippen LogP contribution < -0.4 is 14.8 Å². The van der Waals surface area contributed by atoms with E-state index in [2.05, 4.69) is 5.32 Å². The minimum absolute atomic E-state index is 0.0923. The van der Waals surface area contributed by atoms with Crippen molar-refractivity contribution in [3.63, 3.8) is 0 Å². The van der Waals surface area contributed by atoms with E-state index in [0.717, 1.165) is 17.1 Å². The third-order valence-corrected chi connectivity index (χ3v) is 2.47. The third kappa shape index (κ3) is 3.88. The summed E-state index contributed by atoms with van der Waals surface area (Å²) >= 11 is 0. The lowest BCUT2D eigenvalue weighted by atomic mass is 10.2. The molecule has 1 aromatic carbocycles. The van der Waals surface area contributed by atoms with Crippen LogP contribution in [-0.2, 0) is 4.79 Å². The Balaban J connectivity index is 1.92. The number of carbonyl (C=O) groups excluding carboxylic acids is 1. The van der Waals surface area contributed by atoms with E-state index in [4.69, 9.17) is 9.47 Å². The summed E-state index contributed by atoms with van der Waals surface area (Å²) in [7, 11) is 0. The van der Waals surface area contributed by atoms with Crippen molar-refractivity contribution < 1.29 is 14.3 Å². The van der Waals surface area contributed by atoms with Crippen molar-refractivity contribution in [1.82, 2.24) is 5.32 Å². The minimum atomic E-state index is -0.0923. The summed E-state index contributed by atoms with van der Waals surface area (Å²) in [6.07, 6.45) is 6.93. The number of fused-ring (bicyclic) bond motifs is 1. The van der Waals surface area contributed by atoms with Crippen LogP contribution in [0.2, 0.25) is 0 Å². The van der Waals surface area contributed by atoms with Gasteiger partial charge < -0.3 is 14.8 Å². The van der Waals surface area contributed by atoms with Crippen LogP contribution in [0.1, 0.15) is 19.4 Å². The van der Waals surface area contributed by atoms with Crippen LogP contribution in [0.15, 0.2) is 36.4 Å². The van der Waals surface area contributed by atoms with Gasteiger partial charge in [0.1, 0.15) is 0 Å². The Morgan fingerprint density at radius 3 is 2.84 bits per heavy atom. The maximum absolute atomic E-state index is 11.3. The van der Waals surface area contributed by atoms with Crippen LogP contribution in [0, 0.1) is 0 Å². The van der Waals surface area contributed by atoms with Crippen molar-refractivity contribution in [2.45, 2.75) is 19.9 Å². The summed E-state index contributed by atoms with van der Waals surface area (Å²) in [5.41, 5.74) is 0.998. The fourth-order valence-corrected chi connectivity index (χ4v) is 1.66. The van der Waals surface area contributed by atoms with Gasteiger partial charge in [-0.1, -0.05) is 24.3 Å². The zero-order valence-electron chi connectivity index (χ0n) is 11.1. The molecule has 0 saturated heterocycles. The highest BCUT2D eigenvalue weighted by Gasteiger charge is 2.11. The molecule has 0 saturated carbocycles. The smallest absolute Gasteiger partial charge is 0.244 e. The van der Waals surface area contributed by atoms with Gasteiger partial charge in [-0.2, -0.15) is 0 Å². The molecule has 1 aliphatic rings. The molecule has 100 valence electrons. The normalized spacial score (nSPS) is 13.6. The third-order valence-electron chi connectivity index (χ3n) is 2.47. The summed E-state index contributed by atoms with van der Waals surface area (Å²) in [6, 6.07) is 5.86. The van der Waals surface area contributed by atoms with Crippen LogP contribution in [0.25, 0.3) is 6.08 Å². The number of benzene rings is 1. The second-order valence-electron chi connectivity index (χ2n) is 4.49. The van der Waals surface area contributed by atoms with Crippen molar-refractivity contribution >= 4 is 12.0 Å². The molecule has 2 rings (SSSR count). The average molecular weight is 259 g/mol. The summed E-state index contributed by atoms with van der Waals surface area (Å²) in [6.45, 7) is 4.13. The fourth-order valence-electron chi connectivity index (χ4n) is 1.66. The number of rotatable bonds is 4. The molecule has 1 aliphatic heterocycles. The Labute approximate surface area is 112 Å². The second kappa shape index (κ2) is 6.09. The highest BCUT2D eigenvalue weighted by Crippen LogP contribution is 2.32. The molecule has 4 heteroatoms. The zero-order valence-corrected chi connectivity index (χ0v) is 11.1. The number of amides is 1. The Morgan fingerprint density at radius 1 is 1.26 bits per heavy atom. The molecule has 0 fully saturated rings. The quantitative estimate of drug-likeness (QED) is 0.667. The van der Waals surface area contributed by atoms with Gasteiger partial charge in [-0.3, -0.25) is 4.79 Å². The Kier molecular flexibility index (Phi) is 4.23. The van der Waals surface area contributed by atoms with Gasteiger partial charge in [0.05, 0.1) is 0 Å². The monoisotopic (exact) mass is 259 g/mol. The standard InChI is InChI=1S/C15H17NO3/c1-11(2)16-15(17)6-4-3-5-12-7-8-13-14(9-12)19-10-18-13/h3-9,11H,10H2,1-2H3,(H,16,17). The van der Waals surface area contributed by atoms with Gasteiger partial charge in [0.15, 0.2) is 11.5 Å². The van der Waals surface area contributed by atoms with Crippen LogP contribution in [-0.4, -0.2) is 18.7 Å². The number of hydrogen-bond donors (Lipinski definition) is 1. The van der Waals surface area contributed by atoms with E-state index >= 15 is 0 Å². The van der Waals surface area contributed by atoms with Gasteiger partial charge in [-0.15, -0.1) is 0 Å². The van der Waals surface area contributed by atoms with E-state index in [-0.39, 0.29) is 18.7 Å². The molecule has 4 nitrogen and oxygen atoms in total. The number of hydrogen-bond acceptors (Lipinski definition) is 3. The number of ether oxygens (including phenoxy) is 2. The van der Waals surface area contributed by atoms with E-state index in [9.17, 15) is 4.79 Å². The topological polar surface area (TPSA) is 47.6 Å². The van der Waals surface area contributed by atoms with E-state index in [1.807, 2.05) is 44.2 Å². The lowest BCUT2D eigenvalue weighted by molar-refractivity contribution is -0.116. The SMILES string of the molecule is CC(C)NC(=O)C=CC=Cc1ccc2c(c1)OCO2. The number of allylic oxidation sites excluding steroid dienone is 2. The first-order valence-corrected chi connectivity index (χ1v) is 6.20. The lowest BCUT2D eigenvalue weighted by Crippen LogP contribution is -2.28. The van der Waals surface area contributed by atoms with E-state index in [1.165, 1.54) is 6.08 Å². The average Bonchev–Trinajstić information content (AvgIpc) is 2.81. The molecule has 0 spiro atoms. The lowest BCUT2D eigenvalue weighted by Gasteiger charge is -2.03. The first-order valence-electron chi connectivity index (χ1n) is 6.20. The Hall–Kier alpha value is -2.23. The van der Waals surface area contributed by atoms with Crippen LogP contribution in [0.5, 0.6) is 11.5 Å². The molecule has 0 aromatic heterocycles. The van der Waals surface area contributed by atoms with Gasteiger partial charge in [0.2, 0.25) is 12.7 Å². The van der Waals surface area contributed by atoms with Gasteiger partial charge in [0, 0.05) is 12.1 Å². The molecular formula is C15H17NO3. The summed E-state index contributed by atoms with van der Waals surface area (Å²) in [4.78, 5) is 11.3. The molecule has 0 atom stereocenters. The zero-order chi connectivity index (χ0) is 13.7. The molecule has 0 bridgehead atoms. The van der Waals surface area contributed by atoms with Crippen molar-refractivity contribution in [1.29, 1.82) is 0 Å². The largest absolute Gasteiger partial charge is 0.454 e. The van der Waals surface area contributed by atoms with Crippen LogP contribution >= 0.6 is 0 Å². The van der Waals surface area contributed by atoms with Crippen LogP contribution in [0.3, 0.4) is 0 Å². The predicted molar refractivity (Wildman–Crippen MR) is 74.0 cm³/mol. The van der Waals surface area contributed by atoms with Gasteiger partial charge in [-0.25, -0.2) is 0 Å². The molecule has 1 aromatic rings. The first-order chi connectivity index (χ1) is 9.15. The molecule has 0 radical (unpaired) electrons. The Bertz CT molecular complexity index is 518. The molecule has 1 heterocycles. The molecular weight excluding hydrogens is 242 g/mol. The van der Waals surface area contributed by atoms with Gasteiger partial charge in [-0.05, 0) is 31.5 Å². The first kappa shape index (κ1) is 13.2. The number of carbonyl (C=O) groups is 1. The summed E-state index contributed by atoms with van der Waals surface area (Å²) in [5, 5.41) is 2.78. The van der Waals surface area contributed by atoms with Crippen molar-refractivity contribution in [2.75, 3.05) is 6.79 Å². The van der Waals surface area contributed by atoms with E-state index in [0.29, 0.717) is 0 Å². The molecule has 19 heavy (non-hydrogen) atoms. The highest BCUT2D eigenvalue weighted by atomic mass is 16.7. The molecule has 0 unspecified atom stereocenters. The van der Waals surface area contributed by atoms with Crippen molar-refractivity contribution in [3.8, 4) is 11.5 Å². The molecule has 1 N–H and O–H groups in total. The maximum Gasteiger partial charge on any atom is 0.244 e. The molecule has 1 amide bonds. The molecule has 0 aliphatic carbocycles. The van der Waals surface area contributed by atoms with Crippen molar-refractivity contribution in [3.05, 3.63) is 42.0 Å². The maximum atomic E-state index is 11.3. The van der Waals surface area contributed by atoms with Crippen LogP contribution in [0.4, 0.5) is 0 Å². The highest BCUT2D eigenvalue weighted by molar-refractivity contribution is 5.88.